The number of nitrogens with one attached hydrogen (secondary N) is 1. The van der Waals surface area contributed by atoms with Crippen molar-refractivity contribution in [2.45, 2.75) is 32.9 Å². The second kappa shape index (κ2) is 11.6. The molecule has 0 unspecified atom stereocenters. The van der Waals surface area contributed by atoms with Crippen LogP contribution in [0.2, 0.25) is 0 Å². The Hall–Kier alpha value is -3.97. The summed E-state index contributed by atoms with van der Waals surface area (Å²) < 4.78 is 5.22. The van der Waals surface area contributed by atoms with Gasteiger partial charge in [0.05, 0.1) is 13.5 Å². The van der Waals surface area contributed by atoms with Gasteiger partial charge in [-0.1, -0.05) is 35.9 Å². The summed E-state index contributed by atoms with van der Waals surface area (Å²) >= 11 is 1.53. The zero-order valence-electron chi connectivity index (χ0n) is 20.6. The maximum atomic E-state index is 13.8. The molecule has 4 aromatic rings. The first-order valence-corrected chi connectivity index (χ1v) is 12.6. The fourth-order valence-corrected chi connectivity index (χ4v) is 4.83. The number of methoxy groups -OCH3 is 1. The van der Waals surface area contributed by atoms with Crippen LogP contribution in [0.1, 0.15) is 33.2 Å². The van der Waals surface area contributed by atoms with Crippen molar-refractivity contribution in [1.29, 1.82) is 0 Å². The first kappa shape index (κ1) is 25.1. The summed E-state index contributed by atoms with van der Waals surface area (Å²) in [6.07, 6.45) is 3.49. The van der Waals surface area contributed by atoms with Gasteiger partial charge in [-0.25, -0.2) is 0 Å². The smallest absolute Gasteiger partial charge is 0.248 e. The number of nitrogens with zero attached hydrogens (tertiary/aromatic N) is 2. The van der Waals surface area contributed by atoms with E-state index in [1.54, 1.807) is 36.5 Å². The molecule has 1 atom stereocenters. The van der Waals surface area contributed by atoms with Crippen LogP contribution in [-0.2, 0) is 22.6 Å². The van der Waals surface area contributed by atoms with Crippen LogP contribution in [0.15, 0.2) is 84.5 Å². The van der Waals surface area contributed by atoms with Crippen molar-refractivity contribution in [3.8, 4) is 5.75 Å². The van der Waals surface area contributed by atoms with E-state index in [-0.39, 0.29) is 18.2 Å². The number of pyridine rings is 1. The number of amides is 2. The summed E-state index contributed by atoms with van der Waals surface area (Å²) in [5.74, 6) is 0.335. The van der Waals surface area contributed by atoms with E-state index >= 15 is 0 Å². The Kier molecular flexibility index (Phi) is 8.13. The molecule has 36 heavy (non-hydrogen) atoms. The standard InChI is InChI=1S/C29H29N3O3S/c1-20-6-11-26(21(2)17-20)32(27(33)18-25-5-4-16-36-25)28(23-12-14-30-15-13-23)29(34)31-19-22-7-9-24(35-3)10-8-22/h4-17,28H,18-19H2,1-3H3,(H,31,34)/t28-/m1/s1. The van der Waals surface area contributed by atoms with Gasteiger partial charge < -0.3 is 10.1 Å². The zero-order valence-corrected chi connectivity index (χ0v) is 21.4. The Bertz CT molecular complexity index is 1310. The highest BCUT2D eigenvalue weighted by molar-refractivity contribution is 7.10. The van der Waals surface area contributed by atoms with Crippen molar-refractivity contribution in [3.05, 3.63) is 112 Å². The summed E-state index contributed by atoms with van der Waals surface area (Å²) in [4.78, 5) is 34.3. The van der Waals surface area contributed by atoms with Crippen LogP contribution in [0.5, 0.6) is 5.75 Å². The Labute approximate surface area is 215 Å². The molecule has 0 fully saturated rings. The SMILES string of the molecule is COc1ccc(CNC(=O)[C@@H](c2ccncc2)N(C(=O)Cc2cccs2)c2ccc(C)cc2C)cc1. The molecule has 0 saturated carbocycles. The Morgan fingerprint density at radius 3 is 2.42 bits per heavy atom. The minimum atomic E-state index is -0.861. The van der Waals surface area contributed by atoms with Gasteiger partial charge in [-0.2, -0.15) is 0 Å². The first-order valence-electron chi connectivity index (χ1n) is 11.7. The monoisotopic (exact) mass is 499 g/mol. The van der Waals surface area contributed by atoms with Crippen molar-refractivity contribution < 1.29 is 14.3 Å². The summed E-state index contributed by atoms with van der Waals surface area (Å²) in [6.45, 7) is 4.30. The predicted molar refractivity (Wildman–Crippen MR) is 143 cm³/mol. The quantitative estimate of drug-likeness (QED) is 0.335. The number of anilines is 1. The highest BCUT2D eigenvalue weighted by atomic mass is 32.1. The highest BCUT2D eigenvalue weighted by Crippen LogP contribution is 2.32. The molecule has 184 valence electrons. The minimum absolute atomic E-state index is 0.147. The van der Waals surface area contributed by atoms with Crippen LogP contribution in [-0.4, -0.2) is 23.9 Å². The number of hydrogen-bond acceptors (Lipinski definition) is 5. The zero-order chi connectivity index (χ0) is 25.5. The molecule has 0 bridgehead atoms. The number of carbonyl (C=O) groups excluding carboxylic acids is 2. The molecule has 7 heteroatoms. The Balaban J connectivity index is 1.71. The second-order valence-electron chi connectivity index (χ2n) is 8.56. The second-order valence-corrected chi connectivity index (χ2v) is 9.59. The van der Waals surface area contributed by atoms with Crippen molar-refractivity contribution in [2.75, 3.05) is 12.0 Å². The van der Waals surface area contributed by atoms with Gasteiger partial charge in [-0.05, 0) is 72.3 Å². The Morgan fingerprint density at radius 1 is 1.03 bits per heavy atom. The van der Waals surface area contributed by atoms with Crippen LogP contribution in [0, 0.1) is 13.8 Å². The average Bonchev–Trinajstić information content (AvgIpc) is 3.40. The lowest BCUT2D eigenvalue weighted by Gasteiger charge is -2.32. The van der Waals surface area contributed by atoms with Crippen LogP contribution < -0.4 is 15.0 Å². The predicted octanol–water partition coefficient (Wildman–Crippen LogP) is 5.40. The summed E-state index contributed by atoms with van der Waals surface area (Å²) in [7, 11) is 1.62. The van der Waals surface area contributed by atoms with Gasteiger partial charge in [-0.3, -0.25) is 19.5 Å². The third kappa shape index (κ3) is 5.98. The normalized spacial score (nSPS) is 11.5. The number of benzene rings is 2. The van der Waals surface area contributed by atoms with E-state index < -0.39 is 6.04 Å². The van der Waals surface area contributed by atoms with Gasteiger partial charge in [-0.15, -0.1) is 11.3 Å². The van der Waals surface area contributed by atoms with E-state index in [9.17, 15) is 9.59 Å². The van der Waals surface area contributed by atoms with E-state index in [4.69, 9.17) is 4.74 Å². The first-order chi connectivity index (χ1) is 17.5. The molecule has 1 N–H and O–H groups in total. The number of rotatable bonds is 9. The maximum Gasteiger partial charge on any atom is 0.248 e. The molecule has 4 rings (SSSR count). The molecule has 2 heterocycles. The van der Waals surface area contributed by atoms with E-state index in [1.165, 1.54) is 11.3 Å². The van der Waals surface area contributed by atoms with Gasteiger partial charge >= 0.3 is 0 Å². The van der Waals surface area contributed by atoms with E-state index in [0.29, 0.717) is 17.8 Å². The number of ether oxygens (including phenoxy) is 1. The fourth-order valence-electron chi connectivity index (χ4n) is 4.13. The van der Waals surface area contributed by atoms with Crippen LogP contribution >= 0.6 is 11.3 Å². The molecule has 2 aromatic carbocycles. The summed E-state index contributed by atoms with van der Waals surface area (Å²) in [5.41, 5.74) is 4.35. The molecule has 6 nitrogen and oxygen atoms in total. The molecular formula is C29H29N3O3S. The molecular weight excluding hydrogens is 470 g/mol. The molecule has 0 aliphatic heterocycles. The van der Waals surface area contributed by atoms with Gasteiger partial charge in [0.1, 0.15) is 11.8 Å². The maximum absolute atomic E-state index is 13.8. The van der Waals surface area contributed by atoms with Gasteiger partial charge in [0.2, 0.25) is 11.8 Å². The van der Waals surface area contributed by atoms with Gasteiger partial charge in [0.15, 0.2) is 0 Å². The summed E-state index contributed by atoms with van der Waals surface area (Å²) in [5, 5.41) is 4.99. The third-order valence-electron chi connectivity index (χ3n) is 5.94. The molecule has 2 aromatic heterocycles. The van der Waals surface area contributed by atoms with Crippen LogP contribution in [0.25, 0.3) is 0 Å². The molecule has 2 amide bonds. The Morgan fingerprint density at radius 2 is 1.78 bits per heavy atom. The van der Waals surface area contributed by atoms with E-state index in [0.717, 1.165) is 27.3 Å². The van der Waals surface area contributed by atoms with Crippen molar-refractivity contribution >= 4 is 28.8 Å². The van der Waals surface area contributed by atoms with Crippen molar-refractivity contribution in [2.24, 2.45) is 0 Å². The minimum Gasteiger partial charge on any atom is -0.497 e. The van der Waals surface area contributed by atoms with Crippen LogP contribution in [0.3, 0.4) is 0 Å². The lowest BCUT2D eigenvalue weighted by molar-refractivity contribution is -0.126. The number of aryl methyl sites for hydroxylation is 2. The van der Waals surface area contributed by atoms with Gasteiger partial charge in [0.25, 0.3) is 0 Å². The number of hydrogen-bond donors (Lipinski definition) is 1. The molecule has 0 radical (unpaired) electrons. The lowest BCUT2D eigenvalue weighted by atomic mass is 10.0. The molecule has 0 saturated heterocycles. The third-order valence-corrected chi connectivity index (χ3v) is 6.82. The van der Waals surface area contributed by atoms with Gasteiger partial charge in [0, 0.05) is 29.5 Å². The van der Waals surface area contributed by atoms with Crippen molar-refractivity contribution in [1.82, 2.24) is 10.3 Å². The van der Waals surface area contributed by atoms with Crippen LogP contribution in [0.4, 0.5) is 5.69 Å². The number of thiophene rings is 1. The highest BCUT2D eigenvalue weighted by Gasteiger charge is 2.33. The van der Waals surface area contributed by atoms with E-state index in [1.807, 2.05) is 73.8 Å². The lowest BCUT2D eigenvalue weighted by Crippen LogP contribution is -2.44. The molecule has 0 aliphatic rings. The van der Waals surface area contributed by atoms with E-state index in [2.05, 4.69) is 10.3 Å². The largest absolute Gasteiger partial charge is 0.497 e. The fraction of sp³-hybridized carbons (Fsp3) is 0.207. The topological polar surface area (TPSA) is 71.5 Å². The summed E-state index contributed by atoms with van der Waals surface area (Å²) in [6, 6.07) is 20.0. The van der Waals surface area contributed by atoms with Crippen molar-refractivity contribution in [3.63, 3.8) is 0 Å². The number of aromatic nitrogens is 1. The molecule has 0 spiro atoms. The number of carbonyl (C=O) groups is 2. The average molecular weight is 500 g/mol. The molecule has 0 aliphatic carbocycles.